The minimum Gasteiger partial charge on any atom is -0.476 e. The summed E-state index contributed by atoms with van der Waals surface area (Å²) in [6, 6.07) is 3.68. The van der Waals surface area contributed by atoms with Crippen molar-refractivity contribution in [3.05, 3.63) is 23.9 Å². The maximum Gasteiger partial charge on any atom is 0.229 e. The summed E-state index contributed by atoms with van der Waals surface area (Å²) < 4.78 is 5.69. The molecule has 1 aromatic rings. The third-order valence-electron chi connectivity index (χ3n) is 2.84. The SMILES string of the molecule is C#Cc1cccnc1OCC1CCNCC1. The van der Waals surface area contributed by atoms with Crippen molar-refractivity contribution in [2.24, 2.45) is 5.92 Å². The molecule has 1 aliphatic heterocycles. The molecule has 0 bridgehead atoms. The molecule has 84 valence electrons. The van der Waals surface area contributed by atoms with Crippen molar-refractivity contribution in [3.63, 3.8) is 0 Å². The highest BCUT2D eigenvalue weighted by Crippen LogP contribution is 2.17. The van der Waals surface area contributed by atoms with Crippen molar-refractivity contribution in [1.82, 2.24) is 10.3 Å². The lowest BCUT2D eigenvalue weighted by Gasteiger charge is -2.22. The fraction of sp³-hybridized carbons (Fsp3) is 0.462. The molecule has 0 amide bonds. The summed E-state index contributed by atoms with van der Waals surface area (Å²) in [7, 11) is 0. The summed E-state index contributed by atoms with van der Waals surface area (Å²) in [6.45, 7) is 2.88. The molecule has 1 aliphatic rings. The van der Waals surface area contributed by atoms with Crippen molar-refractivity contribution in [2.45, 2.75) is 12.8 Å². The quantitative estimate of drug-likeness (QED) is 0.776. The van der Waals surface area contributed by atoms with E-state index in [1.807, 2.05) is 12.1 Å². The van der Waals surface area contributed by atoms with Crippen LogP contribution in [0.25, 0.3) is 0 Å². The van der Waals surface area contributed by atoms with Crippen LogP contribution in [0.4, 0.5) is 0 Å². The standard InChI is InChI=1S/C13H16N2O/c1-2-12-4-3-7-15-13(12)16-10-11-5-8-14-9-6-11/h1,3-4,7,11,14H,5-6,8-10H2. The summed E-state index contributed by atoms with van der Waals surface area (Å²) in [5.41, 5.74) is 0.733. The lowest BCUT2D eigenvalue weighted by Crippen LogP contribution is -2.30. The van der Waals surface area contributed by atoms with Crippen molar-refractivity contribution in [1.29, 1.82) is 0 Å². The lowest BCUT2D eigenvalue weighted by atomic mass is 9.99. The number of hydrogen-bond acceptors (Lipinski definition) is 3. The Bertz CT molecular complexity index is 378. The fourth-order valence-corrected chi connectivity index (χ4v) is 1.86. The molecule has 1 aromatic heterocycles. The molecule has 0 radical (unpaired) electrons. The van der Waals surface area contributed by atoms with E-state index in [1.54, 1.807) is 6.20 Å². The monoisotopic (exact) mass is 216 g/mol. The number of hydrogen-bond donors (Lipinski definition) is 1. The topological polar surface area (TPSA) is 34.1 Å². The highest BCUT2D eigenvalue weighted by atomic mass is 16.5. The van der Waals surface area contributed by atoms with Crippen LogP contribution in [0.2, 0.25) is 0 Å². The molecule has 0 atom stereocenters. The number of ether oxygens (including phenoxy) is 1. The first-order valence-corrected chi connectivity index (χ1v) is 5.65. The number of nitrogens with zero attached hydrogens (tertiary/aromatic N) is 1. The smallest absolute Gasteiger partial charge is 0.229 e. The molecule has 0 unspecified atom stereocenters. The lowest BCUT2D eigenvalue weighted by molar-refractivity contribution is 0.208. The third kappa shape index (κ3) is 2.74. The van der Waals surface area contributed by atoms with Crippen LogP contribution in [0, 0.1) is 18.3 Å². The number of piperidine rings is 1. The molecule has 1 N–H and O–H groups in total. The van der Waals surface area contributed by atoms with Gasteiger partial charge in [0.2, 0.25) is 5.88 Å². The first-order valence-electron chi connectivity index (χ1n) is 5.65. The van der Waals surface area contributed by atoms with E-state index in [9.17, 15) is 0 Å². The van der Waals surface area contributed by atoms with Crippen molar-refractivity contribution < 1.29 is 4.74 Å². The normalized spacial score (nSPS) is 16.7. The minimum absolute atomic E-state index is 0.587. The van der Waals surface area contributed by atoms with Crippen LogP contribution in [0.5, 0.6) is 5.88 Å². The summed E-state index contributed by atoms with van der Waals surface area (Å²) in [4.78, 5) is 4.15. The van der Waals surface area contributed by atoms with Gasteiger partial charge in [-0.05, 0) is 44.0 Å². The van der Waals surface area contributed by atoms with E-state index in [0.717, 1.165) is 31.5 Å². The van der Waals surface area contributed by atoms with Gasteiger partial charge in [0, 0.05) is 6.20 Å². The summed E-state index contributed by atoms with van der Waals surface area (Å²) in [5, 5.41) is 3.33. The second-order valence-corrected chi connectivity index (χ2v) is 4.00. The maximum absolute atomic E-state index is 5.69. The van der Waals surface area contributed by atoms with Crippen LogP contribution in [0.1, 0.15) is 18.4 Å². The van der Waals surface area contributed by atoms with Crippen molar-refractivity contribution in [3.8, 4) is 18.2 Å². The van der Waals surface area contributed by atoms with Crippen LogP contribution < -0.4 is 10.1 Å². The Labute approximate surface area is 96.2 Å². The second kappa shape index (κ2) is 5.53. The van der Waals surface area contributed by atoms with Crippen molar-refractivity contribution in [2.75, 3.05) is 19.7 Å². The van der Waals surface area contributed by atoms with Gasteiger partial charge in [-0.1, -0.05) is 5.92 Å². The molecule has 3 nitrogen and oxygen atoms in total. The van der Waals surface area contributed by atoms with Gasteiger partial charge in [0.1, 0.15) is 0 Å². The van der Waals surface area contributed by atoms with E-state index in [0.29, 0.717) is 18.4 Å². The maximum atomic E-state index is 5.69. The molecule has 0 spiro atoms. The van der Waals surface area contributed by atoms with Gasteiger partial charge < -0.3 is 10.1 Å². The summed E-state index contributed by atoms with van der Waals surface area (Å²) in [5.74, 6) is 3.79. The van der Waals surface area contributed by atoms with Gasteiger partial charge in [-0.15, -0.1) is 6.42 Å². The van der Waals surface area contributed by atoms with Gasteiger partial charge in [0.05, 0.1) is 12.2 Å². The highest BCUT2D eigenvalue weighted by Gasteiger charge is 2.14. The average molecular weight is 216 g/mol. The predicted octanol–water partition coefficient (Wildman–Crippen LogP) is 1.44. The van der Waals surface area contributed by atoms with Gasteiger partial charge >= 0.3 is 0 Å². The van der Waals surface area contributed by atoms with Crippen LogP contribution in [0.15, 0.2) is 18.3 Å². The molecule has 1 fully saturated rings. The zero-order valence-corrected chi connectivity index (χ0v) is 9.28. The number of pyridine rings is 1. The van der Waals surface area contributed by atoms with Crippen LogP contribution >= 0.6 is 0 Å². The van der Waals surface area contributed by atoms with E-state index < -0.39 is 0 Å². The highest BCUT2D eigenvalue weighted by molar-refractivity contribution is 5.39. The largest absolute Gasteiger partial charge is 0.476 e. The Morgan fingerprint density at radius 1 is 1.50 bits per heavy atom. The molecule has 3 heteroatoms. The first-order chi connectivity index (χ1) is 7.90. The zero-order chi connectivity index (χ0) is 11.2. The van der Waals surface area contributed by atoms with Crippen LogP contribution in [-0.2, 0) is 0 Å². The molecule has 0 aromatic carbocycles. The molecule has 1 saturated heterocycles. The Morgan fingerprint density at radius 2 is 2.31 bits per heavy atom. The van der Waals surface area contributed by atoms with E-state index in [1.165, 1.54) is 0 Å². The van der Waals surface area contributed by atoms with E-state index in [-0.39, 0.29) is 0 Å². The molecule has 2 heterocycles. The molecular weight excluding hydrogens is 200 g/mol. The molecule has 0 saturated carbocycles. The minimum atomic E-state index is 0.587. The number of nitrogens with one attached hydrogen (secondary N) is 1. The molecular formula is C13H16N2O. The number of terminal acetylenes is 1. The number of rotatable bonds is 3. The summed E-state index contributed by atoms with van der Waals surface area (Å²) in [6.07, 6.45) is 9.42. The van der Waals surface area contributed by atoms with Gasteiger partial charge in [-0.3, -0.25) is 0 Å². The Hall–Kier alpha value is -1.53. The Morgan fingerprint density at radius 3 is 3.06 bits per heavy atom. The van der Waals surface area contributed by atoms with Gasteiger partial charge in [-0.2, -0.15) is 0 Å². The fourth-order valence-electron chi connectivity index (χ4n) is 1.86. The van der Waals surface area contributed by atoms with Crippen LogP contribution in [0.3, 0.4) is 0 Å². The summed E-state index contributed by atoms with van der Waals surface area (Å²) >= 11 is 0. The molecule has 0 aliphatic carbocycles. The van der Waals surface area contributed by atoms with Crippen LogP contribution in [-0.4, -0.2) is 24.7 Å². The van der Waals surface area contributed by atoms with Gasteiger partial charge in [0.25, 0.3) is 0 Å². The van der Waals surface area contributed by atoms with E-state index >= 15 is 0 Å². The predicted molar refractivity (Wildman–Crippen MR) is 63.3 cm³/mol. The Kier molecular flexibility index (Phi) is 3.79. The second-order valence-electron chi connectivity index (χ2n) is 4.00. The van der Waals surface area contributed by atoms with Gasteiger partial charge in [0.15, 0.2) is 0 Å². The average Bonchev–Trinajstić information content (AvgIpc) is 2.38. The molecule has 16 heavy (non-hydrogen) atoms. The van der Waals surface area contributed by atoms with Gasteiger partial charge in [-0.25, -0.2) is 4.98 Å². The Balaban J connectivity index is 1.91. The van der Waals surface area contributed by atoms with Crippen molar-refractivity contribution >= 4 is 0 Å². The third-order valence-corrected chi connectivity index (χ3v) is 2.84. The number of aromatic nitrogens is 1. The zero-order valence-electron chi connectivity index (χ0n) is 9.28. The van der Waals surface area contributed by atoms with E-state index in [4.69, 9.17) is 11.2 Å². The molecule has 2 rings (SSSR count). The van der Waals surface area contributed by atoms with E-state index in [2.05, 4.69) is 16.2 Å². The first kappa shape index (κ1) is 11.0.